The molecule has 0 amide bonds. The van der Waals surface area contributed by atoms with E-state index in [1.54, 1.807) is 18.2 Å². The Hall–Kier alpha value is -2.27. The second-order valence-electron chi connectivity index (χ2n) is 4.65. The van der Waals surface area contributed by atoms with Crippen LogP contribution in [0.1, 0.15) is 15.9 Å². The van der Waals surface area contributed by atoms with Gasteiger partial charge in [-0.3, -0.25) is 4.79 Å². The molecular formula is C17H13BrO4. The van der Waals surface area contributed by atoms with Crippen molar-refractivity contribution < 1.29 is 19.0 Å². The van der Waals surface area contributed by atoms with Gasteiger partial charge in [-0.25, -0.2) is 0 Å². The van der Waals surface area contributed by atoms with Gasteiger partial charge in [-0.05, 0) is 29.8 Å². The first-order valence-corrected chi connectivity index (χ1v) is 7.42. The van der Waals surface area contributed by atoms with Crippen LogP contribution in [0.4, 0.5) is 0 Å². The number of benzene rings is 2. The fourth-order valence-corrected chi connectivity index (χ4v) is 2.38. The van der Waals surface area contributed by atoms with Crippen molar-refractivity contribution in [3.8, 4) is 17.2 Å². The quantitative estimate of drug-likeness (QED) is 0.608. The van der Waals surface area contributed by atoms with Gasteiger partial charge in [0.15, 0.2) is 17.3 Å². The normalized spacial score (nSPS) is 12.6. The van der Waals surface area contributed by atoms with Crippen LogP contribution in [0.15, 0.2) is 46.9 Å². The third-order valence-electron chi connectivity index (χ3n) is 3.26. The van der Waals surface area contributed by atoms with E-state index < -0.39 is 0 Å². The highest BCUT2D eigenvalue weighted by molar-refractivity contribution is 9.10. The average Bonchev–Trinajstić information content (AvgIpc) is 3.00. The molecule has 0 aromatic heterocycles. The highest BCUT2D eigenvalue weighted by atomic mass is 79.9. The van der Waals surface area contributed by atoms with E-state index in [2.05, 4.69) is 15.9 Å². The molecule has 3 rings (SSSR count). The second kappa shape index (κ2) is 6.23. The highest BCUT2D eigenvalue weighted by Crippen LogP contribution is 2.38. The zero-order chi connectivity index (χ0) is 15.5. The molecule has 0 saturated heterocycles. The Morgan fingerprint density at radius 2 is 1.86 bits per heavy atom. The van der Waals surface area contributed by atoms with E-state index in [4.69, 9.17) is 14.2 Å². The number of halogens is 1. The molecule has 4 nitrogen and oxygen atoms in total. The van der Waals surface area contributed by atoms with E-state index in [0.717, 1.165) is 10.0 Å². The fraction of sp³-hybridized carbons (Fsp3) is 0.118. The maximum atomic E-state index is 12.4. The lowest BCUT2D eigenvalue weighted by molar-refractivity contribution is 0.104. The number of hydrogen-bond donors (Lipinski definition) is 0. The maximum absolute atomic E-state index is 12.4. The Morgan fingerprint density at radius 1 is 1.18 bits per heavy atom. The molecule has 1 aliphatic heterocycles. The Bertz CT molecular complexity index is 735. The van der Waals surface area contributed by atoms with Crippen LogP contribution in [0, 0.1) is 0 Å². The van der Waals surface area contributed by atoms with Crippen molar-refractivity contribution in [2.45, 2.75) is 0 Å². The first kappa shape index (κ1) is 14.7. The molecule has 22 heavy (non-hydrogen) atoms. The van der Waals surface area contributed by atoms with Gasteiger partial charge in [0.05, 0.1) is 12.7 Å². The van der Waals surface area contributed by atoms with Crippen molar-refractivity contribution in [1.29, 1.82) is 0 Å². The first-order valence-electron chi connectivity index (χ1n) is 6.63. The molecule has 0 spiro atoms. The van der Waals surface area contributed by atoms with Gasteiger partial charge in [0.1, 0.15) is 5.75 Å². The van der Waals surface area contributed by atoms with Gasteiger partial charge < -0.3 is 14.2 Å². The summed E-state index contributed by atoms with van der Waals surface area (Å²) in [6.07, 6.45) is 3.28. The summed E-state index contributed by atoms with van der Waals surface area (Å²) in [6.45, 7) is 0.158. The number of carbonyl (C=O) groups is 1. The number of ketones is 1. The Kier molecular flexibility index (Phi) is 4.15. The van der Waals surface area contributed by atoms with E-state index in [0.29, 0.717) is 22.8 Å². The summed E-state index contributed by atoms with van der Waals surface area (Å²) in [4.78, 5) is 12.4. The van der Waals surface area contributed by atoms with Crippen molar-refractivity contribution in [3.05, 3.63) is 58.1 Å². The minimum Gasteiger partial charge on any atom is -0.496 e. The van der Waals surface area contributed by atoms with E-state index in [1.807, 2.05) is 24.3 Å². The summed E-state index contributed by atoms with van der Waals surface area (Å²) >= 11 is 3.38. The third-order valence-corrected chi connectivity index (χ3v) is 3.79. The molecule has 0 radical (unpaired) electrons. The third kappa shape index (κ3) is 2.99. The molecule has 112 valence electrons. The van der Waals surface area contributed by atoms with Gasteiger partial charge >= 0.3 is 0 Å². The van der Waals surface area contributed by atoms with Gasteiger partial charge in [-0.2, -0.15) is 0 Å². The topological polar surface area (TPSA) is 44.8 Å². The lowest BCUT2D eigenvalue weighted by Gasteiger charge is -2.07. The first-order chi connectivity index (χ1) is 10.7. The minimum atomic E-state index is -0.155. The summed E-state index contributed by atoms with van der Waals surface area (Å²) in [5.41, 5.74) is 1.39. The fourth-order valence-electron chi connectivity index (χ4n) is 2.12. The SMILES string of the molecule is COc1cc2c(cc1C(=O)/C=C/c1ccc(Br)cc1)OCO2. The van der Waals surface area contributed by atoms with Crippen molar-refractivity contribution in [2.75, 3.05) is 13.9 Å². The van der Waals surface area contributed by atoms with Crippen LogP contribution in [0.5, 0.6) is 17.2 Å². The van der Waals surface area contributed by atoms with Crippen LogP contribution in [-0.4, -0.2) is 19.7 Å². The Morgan fingerprint density at radius 3 is 2.55 bits per heavy atom. The summed E-state index contributed by atoms with van der Waals surface area (Å²) < 4.78 is 16.8. The summed E-state index contributed by atoms with van der Waals surface area (Å²) in [5, 5.41) is 0. The molecule has 2 aromatic carbocycles. The molecule has 5 heteroatoms. The number of carbonyl (C=O) groups excluding carboxylic acids is 1. The van der Waals surface area contributed by atoms with E-state index in [1.165, 1.54) is 13.2 Å². The number of fused-ring (bicyclic) bond motifs is 1. The molecule has 1 aliphatic rings. The molecule has 0 atom stereocenters. The lowest BCUT2D eigenvalue weighted by atomic mass is 10.1. The molecule has 2 aromatic rings. The van der Waals surface area contributed by atoms with Crippen LogP contribution in [0.2, 0.25) is 0 Å². The predicted octanol–water partition coefficient (Wildman–Crippen LogP) is 4.08. The molecule has 1 heterocycles. The van der Waals surface area contributed by atoms with E-state index in [-0.39, 0.29) is 12.6 Å². The molecule has 0 bridgehead atoms. The smallest absolute Gasteiger partial charge is 0.231 e. The largest absolute Gasteiger partial charge is 0.496 e. The van der Waals surface area contributed by atoms with Crippen molar-refractivity contribution in [3.63, 3.8) is 0 Å². The zero-order valence-electron chi connectivity index (χ0n) is 11.8. The summed E-state index contributed by atoms with van der Waals surface area (Å²) in [6, 6.07) is 11.0. The van der Waals surface area contributed by atoms with E-state index in [9.17, 15) is 4.79 Å². The van der Waals surface area contributed by atoms with Gasteiger partial charge in [0, 0.05) is 10.5 Å². The number of allylic oxidation sites excluding steroid dienone is 1. The molecular weight excluding hydrogens is 348 g/mol. The highest BCUT2D eigenvalue weighted by Gasteiger charge is 2.20. The Balaban J connectivity index is 1.87. The van der Waals surface area contributed by atoms with Crippen LogP contribution in [-0.2, 0) is 0 Å². The lowest BCUT2D eigenvalue weighted by Crippen LogP contribution is -1.99. The van der Waals surface area contributed by atoms with Crippen molar-refractivity contribution >= 4 is 27.8 Å². The van der Waals surface area contributed by atoms with Crippen LogP contribution in [0.25, 0.3) is 6.08 Å². The standard InChI is InChI=1S/C17H13BrO4/c1-20-15-9-17-16(21-10-22-17)8-13(15)14(19)7-4-11-2-5-12(18)6-3-11/h2-9H,10H2,1H3/b7-4+. The Labute approximate surface area is 136 Å². The number of methoxy groups -OCH3 is 1. The van der Waals surface area contributed by atoms with Gasteiger partial charge in [0.25, 0.3) is 0 Å². The average molecular weight is 361 g/mol. The summed E-state index contributed by atoms with van der Waals surface area (Å²) in [5.74, 6) is 1.46. The predicted molar refractivity (Wildman–Crippen MR) is 86.6 cm³/mol. The maximum Gasteiger partial charge on any atom is 0.231 e. The van der Waals surface area contributed by atoms with Gasteiger partial charge in [-0.1, -0.05) is 34.1 Å². The molecule has 0 saturated carbocycles. The van der Waals surface area contributed by atoms with Gasteiger partial charge in [0.2, 0.25) is 6.79 Å². The molecule has 0 N–H and O–H groups in total. The zero-order valence-corrected chi connectivity index (χ0v) is 13.4. The van der Waals surface area contributed by atoms with Gasteiger partial charge in [-0.15, -0.1) is 0 Å². The summed E-state index contributed by atoms with van der Waals surface area (Å²) in [7, 11) is 1.52. The van der Waals surface area contributed by atoms with Crippen molar-refractivity contribution in [1.82, 2.24) is 0 Å². The van der Waals surface area contributed by atoms with Crippen molar-refractivity contribution in [2.24, 2.45) is 0 Å². The minimum absolute atomic E-state index is 0.155. The van der Waals surface area contributed by atoms with E-state index >= 15 is 0 Å². The molecule has 0 fully saturated rings. The number of hydrogen-bond acceptors (Lipinski definition) is 4. The number of rotatable bonds is 4. The van der Waals surface area contributed by atoms with Crippen LogP contribution < -0.4 is 14.2 Å². The molecule has 0 aliphatic carbocycles. The van der Waals surface area contributed by atoms with Crippen LogP contribution in [0.3, 0.4) is 0 Å². The second-order valence-corrected chi connectivity index (χ2v) is 5.57. The van der Waals surface area contributed by atoms with Crippen LogP contribution >= 0.6 is 15.9 Å². The number of ether oxygens (including phenoxy) is 3. The molecule has 0 unspecified atom stereocenters. The monoisotopic (exact) mass is 360 g/mol.